The van der Waals surface area contributed by atoms with E-state index in [2.05, 4.69) is 24.1 Å². The Hall–Kier alpha value is -1.44. The second-order valence-electron chi connectivity index (χ2n) is 4.55. The number of rotatable bonds is 6. The van der Waals surface area contributed by atoms with Crippen molar-refractivity contribution < 1.29 is 5.11 Å². The Balaban J connectivity index is 2.51. The molecule has 0 aliphatic heterocycles. The Morgan fingerprint density at radius 2 is 2.29 bits per heavy atom. The molecule has 0 saturated heterocycles. The molecule has 1 aromatic rings. The molecule has 0 spiro atoms. The summed E-state index contributed by atoms with van der Waals surface area (Å²) >= 11 is 0. The molecule has 0 saturated carbocycles. The molecule has 1 aromatic heterocycles. The number of aliphatic hydroxyl groups is 1. The SMILES string of the molecule is CC(C)CC(CO)NCc1ccnc(C#N)c1. The zero-order valence-corrected chi connectivity index (χ0v) is 10.3. The normalized spacial score (nSPS) is 12.4. The van der Waals surface area contributed by atoms with Crippen LogP contribution >= 0.6 is 0 Å². The van der Waals surface area contributed by atoms with Gasteiger partial charge in [-0.15, -0.1) is 0 Å². The lowest BCUT2D eigenvalue weighted by atomic mass is 10.0. The second kappa shape index (κ2) is 7.00. The van der Waals surface area contributed by atoms with E-state index in [4.69, 9.17) is 5.26 Å². The van der Waals surface area contributed by atoms with Gasteiger partial charge in [0.15, 0.2) is 0 Å². The number of hydrogen-bond donors (Lipinski definition) is 2. The lowest BCUT2D eigenvalue weighted by Crippen LogP contribution is -2.33. The van der Waals surface area contributed by atoms with Gasteiger partial charge in [0.2, 0.25) is 0 Å². The molecule has 4 heteroatoms. The van der Waals surface area contributed by atoms with Crippen LogP contribution in [0.25, 0.3) is 0 Å². The molecule has 0 fully saturated rings. The van der Waals surface area contributed by atoms with Crippen molar-refractivity contribution in [3.8, 4) is 6.07 Å². The van der Waals surface area contributed by atoms with Crippen molar-refractivity contribution in [2.45, 2.75) is 32.9 Å². The van der Waals surface area contributed by atoms with E-state index in [0.717, 1.165) is 12.0 Å². The van der Waals surface area contributed by atoms with Gasteiger partial charge in [0.1, 0.15) is 11.8 Å². The molecule has 4 nitrogen and oxygen atoms in total. The van der Waals surface area contributed by atoms with E-state index < -0.39 is 0 Å². The number of aromatic nitrogens is 1. The van der Waals surface area contributed by atoms with E-state index in [1.54, 1.807) is 12.3 Å². The highest BCUT2D eigenvalue weighted by atomic mass is 16.3. The topological polar surface area (TPSA) is 68.9 Å². The predicted octanol–water partition coefficient (Wildman–Crippen LogP) is 1.45. The molecular formula is C13H19N3O. The zero-order chi connectivity index (χ0) is 12.7. The second-order valence-corrected chi connectivity index (χ2v) is 4.55. The molecular weight excluding hydrogens is 214 g/mol. The summed E-state index contributed by atoms with van der Waals surface area (Å²) in [6.07, 6.45) is 2.57. The number of pyridine rings is 1. The summed E-state index contributed by atoms with van der Waals surface area (Å²) in [5, 5.41) is 21.2. The number of nitriles is 1. The molecule has 2 N–H and O–H groups in total. The Morgan fingerprint density at radius 1 is 1.53 bits per heavy atom. The van der Waals surface area contributed by atoms with Crippen LogP contribution in [0.4, 0.5) is 0 Å². The van der Waals surface area contributed by atoms with Gasteiger partial charge >= 0.3 is 0 Å². The van der Waals surface area contributed by atoms with Crippen LogP contribution in [-0.4, -0.2) is 22.7 Å². The number of aliphatic hydroxyl groups excluding tert-OH is 1. The number of hydrogen-bond acceptors (Lipinski definition) is 4. The average Bonchev–Trinajstić information content (AvgIpc) is 2.34. The largest absolute Gasteiger partial charge is 0.395 e. The monoisotopic (exact) mass is 233 g/mol. The first kappa shape index (κ1) is 13.6. The molecule has 0 aliphatic carbocycles. The fourth-order valence-electron chi connectivity index (χ4n) is 1.70. The molecule has 0 aromatic carbocycles. The van der Waals surface area contributed by atoms with E-state index in [0.29, 0.717) is 18.2 Å². The van der Waals surface area contributed by atoms with Crippen molar-refractivity contribution >= 4 is 0 Å². The fraction of sp³-hybridized carbons (Fsp3) is 0.538. The summed E-state index contributed by atoms with van der Waals surface area (Å²) in [7, 11) is 0. The highest BCUT2D eigenvalue weighted by molar-refractivity contribution is 5.25. The molecule has 1 heterocycles. The molecule has 0 bridgehead atoms. The Kier molecular flexibility index (Phi) is 5.61. The van der Waals surface area contributed by atoms with E-state index in [1.165, 1.54) is 0 Å². The van der Waals surface area contributed by atoms with Gasteiger partial charge in [-0.05, 0) is 30.0 Å². The fourth-order valence-corrected chi connectivity index (χ4v) is 1.70. The van der Waals surface area contributed by atoms with Crippen LogP contribution < -0.4 is 5.32 Å². The van der Waals surface area contributed by atoms with E-state index in [9.17, 15) is 5.11 Å². The molecule has 0 amide bonds. The zero-order valence-electron chi connectivity index (χ0n) is 10.3. The smallest absolute Gasteiger partial charge is 0.140 e. The minimum atomic E-state index is 0.105. The van der Waals surface area contributed by atoms with Crippen LogP contribution in [-0.2, 0) is 6.54 Å². The molecule has 17 heavy (non-hydrogen) atoms. The molecule has 1 unspecified atom stereocenters. The minimum absolute atomic E-state index is 0.105. The van der Waals surface area contributed by atoms with Crippen molar-refractivity contribution in [1.29, 1.82) is 5.26 Å². The van der Waals surface area contributed by atoms with Crippen LogP contribution in [0.3, 0.4) is 0 Å². The van der Waals surface area contributed by atoms with E-state index >= 15 is 0 Å². The van der Waals surface area contributed by atoms with Crippen molar-refractivity contribution in [3.63, 3.8) is 0 Å². The van der Waals surface area contributed by atoms with E-state index in [-0.39, 0.29) is 12.6 Å². The molecule has 0 aliphatic rings. The Labute approximate surface area is 102 Å². The van der Waals surface area contributed by atoms with Gasteiger partial charge < -0.3 is 10.4 Å². The van der Waals surface area contributed by atoms with Crippen LogP contribution in [0, 0.1) is 17.2 Å². The Bertz CT molecular complexity index is 384. The maximum Gasteiger partial charge on any atom is 0.140 e. The lowest BCUT2D eigenvalue weighted by molar-refractivity contribution is 0.223. The first-order valence-corrected chi connectivity index (χ1v) is 5.85. The van der Waals surface area contributed by atoms with E-state index in [1.807, 2.05) is 12.1 Å². The van der Waals surface area contributed by atoms with Crippen LogP contribution in [0.5, 0.6) is 0 Å². The predicted molar refractivity (Wildman–Crippen MR) is 66.1 cm³/mol. The molecule has 92 valence electrons. The average molecular weight is 233 g/mol. The summed E-state index contributed by atoms with van der Waals surface area (Å²) in [5.74, 6) is 0.548. The van der Waals surface area contributed by atoms with Crippen LogP contribution in [0.1, 0.15) is 31.5 Å². The summed E-state index contributed by atoms with van der Waals surface area (Å²) < 4.78 is 0. The van der Waals surface area contributed by atoms with Gasteiger partial charge in [-0.2, -0.15) is 5.26 Å². The molecule has 1 atom stereocenters. The third-order valence-corrected chi connectivity index (χ3v) is 2.51. The van der Waals surface area contributed by atoms with Crippen molar-refractivity contribution in [1.82, 2.24) is 10.3 Å². The maximum atomic E-state index is 9.23. The van der Waals surface area contributed by atoms with Gasteiger partial charge in [-0.3, -0.25) is 0 Å². The third kappa shape index (κ3) is 4.94. The summed E-state index contributed by atoms with van der Waals surface area (Å²) in [4.78, 5) is 3.92. The van der Waals surface area contributed by atoms with Crippen LogP contribution in [0.2, 0.25) is 0 Å². The summed E-state index contributed by atoms with van der Waals surface area (Å²) in [5.41, 5.74) is 1.44. The molecule has 0 radical (unpaired) electrons. The highest BCUT2D eigenvalue weighted by Gasteiger charge is 2.09. The van der Waals surface area contributed by atoms with Crippen molar-refractivity contribution in [2.75, 3.05) is 6.61 Å². The summed E-state index contributed by atoms with van der Waals surface area (Å²) in [6, 6.07) is 5.75. The first-order chi connectivity index (χ1) is 8.15. The standard InChI is InChI=1S/C13H19N3O/c1-10(2)5-13(9-17)16-8-11-3-4-15-12(6-11)7-14/h3-4,6,10,13,16-17H,5,8-9H2,1-2H3. The lowest BCUT2D eigenvalue weighted by Gasteiger charge is -2.18. The van der Waals surface area contributed by atoms with Crippen molar-refractivity contribution in [2.24, 2.45) is 5.92 Å². The van der Waals surface area contributed by atoms with Gasteiger partial charge in [0, 0.05) is 18.8 Å². The summed E-state index contributed by atoms with van der Waals surface area (Å²) in [6.45, 7) is 5.04. The Morgan fingerprint density at radius 3 is 2.88 bits per heavy atom. The quantitative estimate of drug-likeness (QED) is 0.780. The minimum Gasteiger partial charge on any atom is -0.395 e. The number of nitrogens with zero attached hydrogens (tertiary/aromatic N) is 2. The third-order valence-electron chi connectivity index (χ3n) is 2.51. The molecule has 1 rings (SSSR count). The van der Waals surface area contributed by atoms with Gasteiger partial charge in [0.25, 0.3) is 0 Å². The maximum absolute atomic E-state index is 9.23. The first-order valence-electron chi connectivity index (χ1n) is 5.85. The van der Waals surface area contributed by atoms with Gasteiger partial charge in [0.05, 0.1) is 6.61 Å². The van der Waals surface area contributed by atoms with Gasteiger partial charge in [-0.25, -0.2) is 4.98 Å². The number of nitrogens with one attached hydrogen (secondary N) is 1. The van der Waals surface area contributed by atoms with Crippen molar-refractivity contribution in [3.05, 3.63) is 29.6 Å². The van der Waals surface area contributed by atoms with Gasteiger partial charge in [-0.1, -0.05) is 13.8 Å². The highest BCUT2D eigenvalue weighted by Crippen LogP contribution is 2.06. The van der Waals surface area contributed by atoms with Crippen LogP contribution in [0.15, 0.2) is 18.3 Å².